The number of anilines is 2. The van der Waals surface area contributed by atoms with E-state index in [1.54, 1.807) is 12.1 Å². The van der Waals surface area contributed by atoms with Gasteiger partial charge in [-0.2, -0.15) is 0 Å². The lowest BCUT2D eigenvalue weighted by Gasteiger charge is -2.24. The quantitative estimate of drug-likeness (QED) is 0.667. The van der Waals surface area contributed by atoms with Gasteiger partial charge in [-0.25, -0.2) is 8.42 Å². The summed E-state index contributed by atoms with van der Waals surface area (Å²) in [7, 11) is -0.382. The van der Waals surface area contributed by atoms with Crippen molar-refractivity contribution in [3.63, 3.8) is 0 Å². The van der Waals surface area contributed by atoms with Crippen LogP contribution >= 0.6 is 11.6 Å². The van der Waals surface area contributed by atoms with Crippen molar-refractivity contribution in [2.45, 2.75) is 0 Å². The SMILES string of the molecule is COc1ccc(Cl)cc1N(CC(=O)NCCN(C)c1ccccc1)S(C)(=O)=O. The lowest BCUT2D eigenvalue weighted by Crippen LogP contribution is -2.42. The number of carbonyl (C=O) groups is 1. The predicted molar refractivity (Wildman–Crippen MR) is 113 cm³/mol. The fourth-order valence-corrected chi connectivity index (χ4v) is 3.62. The number of methoxy groups -OCH3 is 1. The third-order valence-corrected chi connectivity index (χ3v) is 5.43. The topological polar surface area (TPSA) is 79.0 Å². The minimum atomic E-state index is -3.72. The van der Waals surface area contributed by atoms with Crippen molar-refractivity contribution in [3.8, 4) is 5.75 Å². The molecule has 1 N–H and O–H groups in total. The molecule has 2 aromatic rings. The van der Waals surface area contributed by atoms with Crippen molar-refractivity contribution in [3.05, 3.63) is 53.6 Å². The standard InChI is InChI=1S/C19H24ClN3O4S/c1-22(16-7-5-4-6-8-16)12-11-21-19(24)14-23(28(3,25)26)17-13-15(20)9-10-18(17)27-2/h4-10,13H,11-12,14H2,1-3H3,(H,21,24). The van der Waals surface area contributed by atoms with Crippen LogP contribution in [0.2, 0.25) is 5.02 Å². The normalized spacial score (nSPS) is 11.0. The van der Waals surface area contributed by atoms with E-state index in [0.29, 0.717) is 23.9 Å². The Morgan fingerprint density at radius 2 is 1.86 bits per heavy atom. The molecule has 1 amide bonds. The Bertz CT molecular complexity index is 907. The van der Waals surface area contributed by atoms with Gasteiger partial charge in [-0.3, -0.25) is 9.10 Å². The van der Waals surface area contributed by atoms with Gasteiger partial charge in [0.2, 0.25) is 15.9 Å². The number of sulfonamides is 1. The van der Waals surface area contributed by atoms with E-state index in [2.05, 4.69) is 5.32 Å². The Kier molecular flexibility index (Phi) is 7.53. The number of halogens is 1. The first-order valence-electron chi connectivity index (χ1n) is 8.56. The summed E-state index contributed by atoms with van der Waals surface area (Å²) < 4.78 is 30.7. The molecule has 0 heterocycles. The summed E-state index contributed by atoms with van der Waals surface area (Å²) in [5.41, 5.74) is 1.24. The molecule has 9 heteroatoms. The Balaban J connectivity index is 2.03. The maximum absolute atomic E-state index is 12.4. The van der Waals surface area contributed by atoms with Crippen LogP contribution in [0.15, 0.2) is 48.5 Å². The van der Waals surface area contributed by atoms with E-state index < -0.39 is 15.9 Å². The highest BCUT2D eigenvalue weighted by atomic mass is 35.5. The molecule has 0 unspecified atom stereocenters. The smallest absolute Gasteiger partial charge is 0.240 e. The number of hydrogen-bond acceptors (Lipinski definition) is 5. The molecular formula is C19H24ClN3O4S. The van der Waals surface area contributed by atoms with Crippen LogP contribution in [0.5, 0.6) is 5.75 Å². The zero-order valence-corrected chi connectivity index (χ0v) is 17.6. The fraction of sp³-hybridized carbons (Fsp3) is 0.316. The molecule has 0 aliphatic rings. The van der Waals surface area contributed by atoms with Gasteiger partial charge in [0.25, 0.3) is 0 Å². The number of nitrogens with one attached hydrogen (secondary N) is 1. The first kappa shape index (κ1) is 21.8. The summed E-state index contributed by atoms with van der Waals surface area (Å²) in [6.07, 6.45) is 1.03. The minimum Gasteiger partial charge on any atom is -0.495 e. The van der Waals surface area contributed by atoms with E-state index in [4.69, 9.17) is 16.3 Å². The lowest BCUT2D eigenvalue weighted by molar-refractivity contribution is -0.119. The van der Waals surface area contributed by atoms with Crippen molar-refractivity contribution >= 4 is 38.9 Å². The number of carbonyl (C=O) groups excluding carboxylic acids is 1. The predicted octanol–water partition coefficient (Wildman–Crippen LogP) is 2.37. The van der Waals surface area contributed by atoms with E-state index in [1.165, 1.54) is 13.2 Å². The van der Waals surface area contributed by atoms with Crippen molar-refractivity contribution in [1.82, 2.24) is 5.32 Å². The Morgan fingerprint density at radius 3 is 2.46 bits per heavy atom. The molecule has 0 saturated carbocycles. The monoisotopic (exact) mass is 425 g/mol. The first-order valence-corrected chi connectivity index (χ1v) is 10.8. The summed E-state index contributed by atoms with van der Waals surface area (Å²) >= 11 is 6.00. The van der Waals surface area contributed by atoms with Crippen LogP contribution in [0.25, 0.3) is 0 Å². The molecule has 0 aliphatic carbocycles. The molecule has 152 valence electrons. The number of amides is 1. The second-order valence-electron chi connectivity index (χ2n) is 6.19. The molecule has 2 rings (SSSR count). The Morgan fingerprint density at radius 1 is 1.18 bits per heavy atom. The van der Waals surface area contributed by atoms with Gasteiger partial charge in [0.05, 0.1) is 19.1 Å². The van der Waals surface area contributed by atoms with Crippen LogP contribution in [0.1, 0.15) is 0 Å². The summed E-state index contributed by atoms with van der Waals surface area (Å²) in [6, 6.07) is 14.4. The van der Waals surface area contributed by atoms with Gasteiger partial charge in [0, 0.05) is 30.8 Å². The molecule has 7 nitrogen and oxygen atoms in total. The van der Waals surface area contributed by atoms with Gasteiger partial charge in [0.15, 0.2) is 0 Å². The van der Waals surface area contributed by atoms with Crippen LogP contribution in [0.4, 0.5) is 11.4 Å². The molecule has 2 aromatic carbocycles. The van der Waals surface area contributed by atoms with Crippen molar-refractivity contribution in [2.75, 3.05) is 49.3 Å². The summed E-state index contributed by atoms with van der Waals surface area (Å²) in [6.45, 7) is 0.578. The van der Waals surface area contributed by atoms with Gasteiger partial charge in [-0.15, -0.1) is 0 Å². The number of hydrogen-bond donors (Lipinski definition) is 1. The highest BCUT2D eigenvalue weighted by molar-refractivity contribution is 7.92. The second kappa shape index (κ2) is 9.66. The molecule has 0 aromatic heterocycles. The van der Waals surface area contributed by atoms with Crippen LogP contribution in [-0.4, -0.2) is 54.4 Å². The van der Waals surface area contributed by atoms with Crippen LogP contribution in [0, 0.1) is 0 Å². The first-order chi connectivity index (χ1) is 13.2. The number of nitrogens with zero attached hydrogens (tertiary/aromatic N) is 2. The highest BCUT2D eigenvalue weighted by Crippen LogP contribution is 2.32. The van der Waals surface area contributed by atoms with E-state index in [9.17, 15) is 13.2 Å². The zero-order chi connectivity index (χ0) is 20.7. The summed E-state index contributed by atoms with van der Waals surface area (Å²) in [5.74, 6) is -0.111. The Labute approximate surface area is 170 Å². The third-order valence-electron chi connectivity index (χ3n) is 4.06. The van der Waals surface area contributed by atoms with E-state index in [1.807, 2.05) is 42.3 Å². The number of benzene rings is 2. The molecule has 0 bridgehead atoms. The van der Waals surface area contributed by atoms with Gasteiger partial charge in [-0.1, -0.05) is 29.8 Å². The second-order valence-corrected chi connectivity index (χ2v) is 8.54. The molecule has 0 aliphatic heterocycles. The molecule has 0 fully saturated rings. The maximum atomic E-state index is 12.4. The van der Waals surface area contributed by atoms with Crippen molar-refractivity contribution in [2.24, 2.45) is 0 Å². The minimum absolute atomic E-state index is 0.217. The number of ether oxygens (including phenoxy) is 1. The van der Waals surface area contributed by atoms with Crippen LogP contribution in [-0.2, 0) is 14.8 Å². The number of likely N-dealkylation sites (N-methyl/N-ethyl adjacent to an activating group) is 1. The van der Waals surface area contributed by atoms with Crippen LogP contribution < -0.4 is 19.3 Å². The average Bonchev–Trinajstić information content (AvgIpc) is 2.65. The molecule has 28 heavy (non-hydrogen) atoms. The summed E-state index contributed by atoms with van der Waals surface area (Å²) in [4.78, 5) is 14.4. The lowest BCUT2D eigenvalue weighted by atomic mass is 10.3. The zero-order valence-electron chi connectivity index (χ0n) is 16.1. The maximum Gasteiger partial charge on any atom is 0.240 e. The fourth-order valence-electron chi connectivity index (χ4n) is 2.60. The average molecular weight is 426 g/mol. The molecule has 0 radical (unpaired) electrons. The highest BCUT2D eigenvalue weighted by Gasteiger charge is 2.24. The van der Waals surface area contributed by atoms with E-state index >= 15 is 0 Å². The van der Waals surface area contributed by atoms with E-state index in [-0.39, 0.29) is 12.2 Å². The van der Waals surface area contributed by atoms with Gasteiger partial charge in [0.1, 0.15) is 12.3 Å². The van der Waals surface area contributed by atoms with Gasteiger partial charge >= 0.3 is 0 Å². The van der Waals surface area contributed by atoms with Crippen molar-refractivity contribution < 1.29 is 17.9 Å². The van der Waals surface area contributed by atoms with E-state index in [0.717, 1.165) is 16.2 Å². The third kappa shape index (κ3) is 6.03. The molecule has 0 saturated heterocycles. The Hall–Kier alpha value is -2.45. The number of rotatable bonds is 9. The van der Waals surface area contributed by atoms with Crippen LogP contribution in [0.3, 0.4) is 0 Å². The molecular weight excluding hydrogens is 402 g/mol. The number of para-hydroxylation sites is 1. The summed E-state index contributed by atoms with van der Waals surface area (Å²) in [5, 5.41) is 3.09. The molecule has 0 spiro atoms. The molecule has 0 atom stereocenters. The van der Waals surface area contributed by atoms with Gasteiger partial charge in [-0.05, 0) is 30.3 Å². The largest absolute Gasteiger partial charge is 0.495 e. The van der Waals surface area contributed by atoms with Crippen molar-refractivity contribution in [1.29, 1.82) is 0 Å². The van der Waals surface area contributed by atoms with Gasteiger partial charge < -0.3 is 15.0 Å².